The van der Waals surface area contributed by atoms with Gasteiger partial charge in [-0.3, -0.25) is 4.98 Å². The Balaban J connectivity index is 1.80. The number of nitrogens with zero attached hydrogens (tertiary/aromatic N) is 2. The molecule has 5 heteroatoms. The lowest BCUT2D eigenvalue weighted by Gasteiger charge is -2.11. The maximum Gasteiger partial charge on any atom is 0.0897 e. The molecule has 0 saturated heterocycles. The van der Waals surface area contributed by atoms with Gasteiger partial charge >= 0.3 is 0 Å². The Labute approximate surface area is 128 Å². The first kappa shape index (κ1) is 13.8. The van der Waals surface area contributed by atoms with E-state index in [9.17, 15) is 0 Å². The molecule has 3 rings (SSSR count). The fraction of sp³-hybridized carbons (Fsp3) is 0.250. The van der Waals surface area contributed by atoms with Gasteiger partial charge in [0.15, 0.2) is 0 Å². The van der Waals surface area contributed by atoms with E-state index < -0.39 is 0 Å². The lowest BCUT2D eigenvalue weighted by atomic mass is 10.1. The molecule has 0 saturated carbocycles. The first-order valence-electron chi connectivity index (χ1n) is 6.93. The van der Waals surface area contributed by atoms with Gasteiger partial charge in [0.1, 0.15) is 0 Å². The topological polar surface area (TPSA) is 63.8 Å². The quantitative estimate of drug-likeness (QED) is 0.723. The molecule has 3 N–H and O–H groups in total. The minimum absolute atomic E-state index is 0.762. The Morgan fingerprint density at radius 3 is 2.86 bits per heavy atom. The summed E-state index contributed by atoms with van der Waals surface area (Å²) in [6, 6.07) is 6.03. The first-order valence-corrected chi connectivity index (χ1v) is 7.81. The lowest BCUT2D eigenvalue weighted by Crippen LogP contribution is -2.06. The summed E-state index contributed by atoms with van der Waals surface area (Å²) in [5.74, 6) is 0. The van der Waals surface area contributed by atoms with E-state index in [1.807, 2.05) is 32.2 Å². The molecule has 0 aliphatic heterocycles. The summed E-state index contributed by atoms with van der Waals surface area (Å²) in [6.07, 6.45) is 2.76. The van der Waals surface area contributed by atoms with Crippen LogP contribution in [0.1, 0.15) is 16.4 Å². The van der Waals surface area contributed by atoms with E-state index in [1.165, 1.54) is 0 Å². The predicted octanol–water partition coefficient (Wildman–Crippen LogP) is 3.54. The standard InChI is InChI=1S/C16H18N4S/c1-10-7-13-14(8-19-10)15(17)3-4-16(13)18-6-5-12-9-21-11(2)20-12/h3-4,7-9,18H,5-6,17H2,1-2H3. The van der Waals surface area contributed by atoms with Gasteiger partial charge in [-0.25, -0.2) is 4.98 Å². The Kier molecular flexibility index (Phi) is 3.75. The SMILES string of the molecule is Cc1cc2c(NCCc3csc(C)n3)ccc(N)c2cn1. The molecule has 0 spiro atoms. The van der Waals surface area contributed by atoms with Gasteiger partial charge < -0.3 is 11.1 Å². The molecule has 21 heavy (non-hydrogen) atoms. The molecule has 0 fully saturated rings. The number of hydrogen-bond donors (Lipinski definition) is 2. The summed E-state index contributed by atoms with van der Waals surface area (Å²) >= 11 is 1.69. The van der Waals surface area contributed by atoms with Crippen LogP contribution in [0.25, 0.3) is 10.8 Å². The van der Waals surface area contributed by atoms with Gasteiger partial charge in [0.05, 0.1) is 10.7 Å². The van der Waals surface area contributed by atoms with Crippen molar-refractivity contribution in [3.8, 4) is 0 Å². The molecule has 0 atom stereocenters. The van der Waals surface area contributed by atoms with Crippen molar-refractivity contribution < 1.29 is 0 Å². The van der Waals surface area contributed by atoms with E-state index in [2.05, 4.69) is 26.7 Å². The third kappa shape index (κ3) is 2.97. The molecule has 4 nitrogen and oxygen atoms in total. The van der Waals surface area contributed by atoms with Gasteiger partial charge in [0, 0.05) is 52.4 Å². The zero-order valence-corrected chi connectivity index (χ0v) is 13.0. The number of nitrogens with one attached hydrogen (secondary N) is 1. The predicted molar refractivity (Wildman–Crippen MR) is 89.9 cm³/mol. The Bertz CT molecular complexity index is 779. The van der Waals surface area contributed by atoms with Crippen LogP contribution < -0.4 is 11.1 Å². The maximum absolute atomic E-state index is 6.02. The second-order valence-electron chi connectivity index (χ2n) is 5.11. The van der Waals surface area contributed by atoms with Crippen LogP contribution in [0.4, 0.5) is 11.4 Å². The number of nitrogens with two attached hydrogens (primary N) is 1. The zero-order valence-electron chi connectivity index (χ0n) is 12.2. The monoisotopic (exact) mass is 298 g/mol. The number of benzene rings is 1. The number of thiazole rings is 1. The van der Waals surface area contributed by atoms with Crippen molar-refractivity contribution in [3.05, 3.63) is 46.2 Å². The summed E-state index contributed by atoms with van der Waals surface area (Å²) in [5.41, 5.74) is 10.0. The van der Waals surface area contributed by atoms with Gasteiger partial charge in [-0.15, -0.1) is 11.3 Å². The average molecular weight is 298 g/mol. The number of rotatable bonds is 4. The number of aryl methyl sites for hydroxylation is 2. The van der Waals surface area contributed by atoms with Crippen LogP contribution in [0.3, 0.4) is 0 Å². The highest BCUT2D eigenvalue weighted by Gasteiger charge is 2.05. The van der Waals surface area contributed by atoms with Crippen molar-refractivity contribution in [3.63, 3.8) is 0 Å². The van der Waals surface area contributed by atoms with Crippen molar-refractivity contribution in [1.82, 2.24) is 9.97 Å². The molecule has 0 aliphatic carbocycles. The number of fused-ring (bicyclic) bond motifs is 1. The summed E-state index contributed by atoms with van der Waals surface area (Å²) in [6.45, 7) is 4.87. The average Bonchev–Trinajstić information content (AvgIpc) is 2.87. The number of anilines is 2. The van der Waals surface area contributed by atoms with E-state index in [-0.39, 0.29) is 0 Å². The van der Waals surface area contributed by atoms with E-state index in [1.54, 1.807) is 11.3 Å². The molecule has 0 unspecified atom stereocenters. The highest BCUT2D eigenvalue weighted by Crippen LogP contribution is 2.28. The van der Waals surface area contributed by atoms with Crippen LogP contribution in [0.15, 0.2) is 29.8 Å². The maximum atomic E-state index is 6.02. The van der Waals surface area contributed by atoms with E-state index in [4.69, 9.17) is 5.73 Å². The van der Waals surface area contributed by atoms with Crippen molar-refractivity contribution in [2.45, 2.75) is 20.3 Å². The Hall–Kier alpha value is -2.14. The van der Waals surface area contributed by atoms with Crippen LogP contribution in [0, 0.1) is 13.8 Å². The number of hydrogen-bond acceptors (Lipinski definition) is 5. The minimum atomic E-state index is 0.762. The first-order chi connectivity index (χ1) is 10.1. The Morgan fingerprint density at radius 2 is 2.10 bits per heavy atom. The van der Waals surface area contributed by atoms with Crippen molar-refractivity contribution >= 4 is 33.5 Å². The molecule has 1 aromatic carbocycles. The van der Waals surface area contributed by atoms with Crippen LogP contribution in [-0.4, -0.2) is 16.5 Å². The van der Waals surface area contributed by atoms with Crippen LogP contribution in [0.2, 0.25) is 0 Å². The zero-order chi connectivity index (χ0) is 14.8. The third-order valence-corrected chi connectivity index (χ3v) is 4.26. The summed E-state index contributed by atoms with van der Waals surface area (Å²) in [5, 5.41) is 8.83. The van der Waals surface area contributed by atoms with Gasteiger partial charge in [0.25, 0.3) is 0 Å². The largest absolute Gasteiger partial charge is 0.398 e. The van der Waals surface area contributed by atoms with Crippen LogP contribution in [-0.2, 0) is 6.42 Å². The number of pyridine rings is 1. The second kappa shape index (κ2) is 5.69. The summed E-state index contributed by atoms with van der Waals surface area (Å²) < 4.78 is 0. The van der Waals surface area contributed by atoms with E-state index in [0.29, 0.717) is 0 Å². The van der Waals surface area contributed by atoms with E-state index in [0.717, 1.165) is 51.5 Å². The fourth-order valence-electron chi connectivity index (χ4n) is 2.37. The van der Waals surface area contributed by atoms with Crippen molar-refractivity contribution in [2.75, 3.05) is 17.6 Å². The Morgan fingerprint density at radius 1 is 1.24 bits per heavy atom. The highest BCUT2D eigenvalue weighted by atomic mass is 32.1. The fourth-order valence-corrected chi connectivity index (χ4v) is 3.01. The molecule has 2 aromatic heterocycles. The molecule has 3 aromatic rings. The molecule has 0 bridgehead atoms. The highest BCUT2D eigenvalue weighted by molar-refractivity contribution is 7.09. The molecular weight excluding hydrogens is 280 g/mol. The van der Waals surface area contributed by atoms with Gasteiger partial charge in [0.2, 0.25) is 0 Å². The molecular formula is C16H18N4S. The normalized spacial score (nSPS) is 11.0. The van der Waals surface area contributed by atoms with Crippen LogP contribution >= 0.6 is 11.3 Å². The molecule has 2 heterocycles. The third-order valence-electron chi connectivity index (χ3n) is 3.43. The number of nitrogen functional groups attached to an aromatic ring is 1. The minimum Gasteiger partial charge on any atom is -0.398 e. The molecule has 0 radical (unpaired) electrons. The van der Waals surface area contributed by atoms with E-state index >= 15 is 0 Å². The summed E-state index contributed by atoms with van der Waals surface area (Å²) in [7, 11) is 0. The van der Waals surface area contributed by atoms with Gasteiger partial charge in [-0.1, -0.05) is 0 Å². The summed E-state index contributed by atoms with van der Waals surface area (Å²) in [4.78, 5) is 8.80. The smallest absolute Gasteiger partial charge is 0.0897 e. The number of aromatic nitrogens is 2. The molecule has 108 valence electrons. The molecule has 0 amide bonds. The molecule has 0 aliphatic rings. The van der Waals surface area contributed by atoms with Gasteiger partial charge in [-0.05, 0) is 32.0 Å². The van der Waals surface area contributed by atoms with Crippen molar-refractivity contribution in [1.29, 1.82) is 0 Å². The van der Waals surface area contributed by atoms with Crippen LogP contribution in [0.5, 0.6) is 0 Å². The lowest BCUT2D eigenvalue weighted by molar-refractivity contribution is 0.970. The van der Waals surface area contributed by atoms with Gasteiger partial charge in [-0.2, -0.15) is 0 Å². The second-order valence-corrected chi connectivity index (χ2v) is 6.17. The van der Waals surface area contributed by atoms with Crippen molar-refractivity contribution in [2.24, 2.45) is 0 Å².